The summed E-state index contributed by atoms with van der Waals surface area (Å²) >= 11 is 0. The van der Waals surface area contributed by atoms with Crippen molar-refractivity contribution >= 4 is 16.9 Å². The lowest BCUT2D eigenvalue weighted by molar-refractivity contribution is 0.0663. The maximum Gasteiger partial charge on any atom is 0.317 e. The number of carbonyl (C=O) groups excluding carboxylic acids is 1. The van der Waals surface area contributed by atoms with Crippen LogP contribution >= 0.6 is 0 Å². The molecule has 1 aliphatic heterocycles. The number of carbonyl (C=O) groups is 1. The van der Waals surface area contributed by atoms with Crippen molar-refractivity contribution in [3.05, 3.63) is 40.4 Å². The zero-order valence-electron chi connectivity index (χ0n) is 19.0. The van der Waals surface area contributed by atoms with Crippen LogP contribution in [0, 0.1) is 0 Å². The van der Waals surface area contributed by atoms with Gasteiger partial charge >= 0.3 is 6.03 Å². The number of piperazine rings is 1. The molecular weight excluding hydrogens is 390 g/mol. The molecule has 0 bridgehead atoms. The van der Waals surface area contributed by atoms with Crippen LogP contribution in [0.25, 0.3) is 10.9 Å². The van der Waals surface area contributed by atoms with Crippen LogP contribution in [0.4, 0.5) is 4.79 Å². The first-order chi connectivity index (χ1) is 15.0. The second kappa shape index (κ2) is 9.39. The molecular formula is C24H35N5O2. The minimum Gasteiger partial charge on any atom is -0.335 e. The number of para-hydroxylation sites is 1. The number of aromatic nitrogens is 2. The van der Waals surface area contributed by atoms with E-state index in [4.69, 9.17) is 4.98 Å². The highest BCUT2D eigenvalue weighted by Crippen LogP contribution is 2.26. The van der Waals surface area contributed by atoms with Crippen molar-refractivity contribution in [2.24, 2.45) is 7.05 Å². The molecule has 2 unspecified atom stereocenters. The molecule has 1 aliphatic carbocycles. The van der Waals surface area contributed by atoms with Gasteiger partial charge in [0.05, 0.1) is 16.9 Å². The summed E-state index contributed by atoms with van der Waals surface area (Å²) in [6, 6.07) is 8.10. The average molecular weight is 426 g/mol. The summed E-state index contributed by atoms with van der Waals surface area (Å²) in [5.41, 5.74) is 0.746. The van der Waals surface area contributed by atoms with Gasteiger partial charge < -0.3 is 10.2 Å². The molecule has 2 heterocycles. The number of benzene rings is 1. The van der Waals surface area contributed by atoms with Crippen LogP contribution in [0.2, 0.25) is 0 Å². The SMILES string of the molecule is CCC(c1nc2ccccc2c(=O)n1C)N1CCN(C(=O)NC2CCCCC2)C(C)C1. The van der Waals surface area contributed by atoms with Gasteiger partial charge in [0, 0.05) is 38.8 Å². The van der Waals surface area contributed by atoms with Crippen molar-refractivity contribution in [3.8, 4) is 0 Å². The van der Waals surface area contributed by atoms with Crippen molar-refractivity contribution in [1.29, 1.82) is 0 Å². The first-order valence-corrected chi connectivity index (χ1v) is 11.8. The summed E-state index contributed by atoms with van der Waals surface area (Å²) in [4.78, 5) is 35.0. The first-order valence-electron chi connectivity index (χ1n) is 11.8. The fourth-order valence-corrected chi connectivity index (χ4v) is 5.21. The quantitative estimate of drug-likeness (QED) is 0.815. The Kier molecular flexibility index (Phi) is 6.60. The molecule has 2 amide bonds. The molecule has 0 spiro atoms. The number of urea groups is 1. The van der Waals surface area contributed by atoms with E-state index in [1.165, 1.54) is 19.3 Å². The molecule has 1 N–H and O–H groups in total. The Labute approximate surface area is 184 Å². The van der Waals surface area contributed by atoms with Crippen LogP contribution in [0.5, 0.6) is 0 Å². The summed E-state index contributed by atoms with van der Waals surface area (Å²) in [6.45, 7) is 6.51. The topological polar surface area (TPSA) is 70.5 Å². The molecule has 7 nitrogen and oxygen atoms in total. The monoisotopic (exact) mass is 425 g/mol. The third-order valence-corrected chi connectivity index (χ3v) is 7.00. The Morgan fingerprint density at radius 3 is 2.65 bits per heavy atom. The van der Waals surface area contributed by atoms with E-state index in [2.05, 4.69) is 24.1 Å². The highest BCUT2D eigenvalue weighted by Gasteiger charge is 2.33. The van der Waals surface area contributed by atoms with E-state index in [0.717, 1.165) is 43.7 Å². The third-order valence-electron chi connectivity index (χ3n) is 7.00. The molecule has 1 aromatic carbocycles. The molecule has 4 rings (SSSR count). The molecule has 2 aromatic rings. The fourth-order valence-electron chi connectivity index (χ4n) is 5.21. The van der Waals surface area contributed by atoms with Gasteiger partial charge in [-0.2, -0.15) is 0 Å². The Hall–Kier alpha value is -2.41. The maximum absolute atomic E-state index is 12.9. The molecule has 7 heteroatoms. The minimum atomic E-state index is -0.00223. The van der Waals surface area contributed by atoms with Crippen molar-refractivity contribution in [3.63, 3.8) is 0 Å². The summed E-state index contributed by atoms with van der Waals surface area (Å²) in [5.74, 6) is 0.804. The second-order valence-corrected chi connectivity index (χ2v) is 9.10. The molecule has 2 aliphatic rings. The molecule has 2 fully saturated rings. The van der Waals surface area contributed by atoms with E-state index in [1.54, 1.807) is 4.57 Å². The van der Waals surface area contributed by atoms with Crippen LogP contribution in [-0.4, -0.2) is 57.1 Å². The van der Waals surface area contributed by atoms with Gasteiger partial charge in [-0.15, -0.1) is 0 Å². The zero-order valence-corrected chi connectivity index (χ0v) is 19.0. The number of hydrogen-bond acceptors (Lipinski definition) is 4. The maximum atomic E-state index is 12.9. The molecule has 31 heavy (non-hydrogen) atoms. The van der Waals surface area contributed by atoms with Crippen molar-refractivity contribution in [2.45, 2.75) is 70.5 Å². The summed E-state index contributed by atoms with van der Waals surface area (Å²) in [6.07, 6.45) is 6.76. The Morgan fingerprint density at radius 1 is 1.19 bits per heavy atom. The predicted octanol–water partition coefficient (Wildman–Crippen LogP) is 3.43. The summed E-state index contributed by atoms with van der Waals surface area (Å²) < 4.78 is 1.70. The number of nitrogens with zero attached hydrogens (tertiary/aromatic N) is 4. The number of amides is 2. The minimum absolute atomic E-state index is 0.00223. The summed E-state index contributed by atoms with van der Waals surface area (Å²) in [5, 5.41) is 3.91. The van der Waals surface area contributed by atoms with E-state index in [1.807, 2.05) is 36.2 Å². The van der Waals surface area contributed by atoms with Gasteiger partial charge in [0.15, 0.2) is 0 Å². The average Bonchev–Trinajstić information content (AvgIpc) is 2.78. The van der Waals surface area contributed by atoms with E-state index < -0.39 is 0 Å². The summed E-state index contributed by atoms with van der Waals surface area (Å²) in [7, 11) is 1.82. The predicted molar refractivity (Wildman–Crippen MR) is 123 cm³/mol. The van der Waals surface area contributed by atoms with Gasteiger partial charge in [-0.1, -0.05) is 38.3 Å². The van der Waals surface area contributed by atoms with Gasteiger partial charge in [0.2, 0.25) is 0 Å². The van der Waals surface area contributed by atoms with Crippen molar-refractivity contribution < 1.29 is 4.79 Å². The van der Waals surface area contributed by atoms with Gasteiger partial charge in [-0.25, -0.2) is 9.78 Å². The highest BCUT2D eigenvalue weighted by molar-refractivity contribution is 5.77. The molecule has 168 valence electrons. The molecule has 1 saturated carbocycles. The van der Waals surface area contributed by atoms with Crippen LogP contribution in [0.3, 0.4) is 0 Å². The van der Waals surface area contributed by atoms with Crippen LogP contribution in [0.15, 0.2) is 29.1 Å². The lowest BCUT2D eigenvalue weighted by Crippen LogP contribution is -2.58. The second-order valence-electron chi connectivity index (χ2n) is 9.10. The Bertz CT molecular complexity index is 982. The van der Waals surface area contributed by atoms with E-state index in [-0.39, 0.29) is 23.7 Å². The lowest BCUT2D eigenvalue weighted by atomic mass is 9.96. The smallest absolute Gasteiger partial charge is 0.317 e. The van der Waals surface area contributed by atoms with Crippen LogP contribution < -0.4 is 10.9 Å². The number of fused-ring (bicyclic) bond motifs is 1. The number of rotatable bonds is 4. The number of hydrogen-bond donors (Lipinski definition) is 1. The third kappa shape index (κ3) is 4.47. The molecule has 1 saturated heterocycles. The first kappa shape index (κ1) is 21.8. The zero-order chi connectivity index (χ0) is 22.0. The molecule has 2 atom stereocenters. The Morgan fingerprint density at radius 2 is 1.94 bits per heavy atom. The largest absolute Gasteiger partial charge is 0.335 e. The molecule has 1 aromatic heterocycles. The van der Waals surface area contributed by atoms with Crippen LogP contribution in [-0.2, 0) is 7.05 Å². The number of nitrogens with one attached hydrogen (secondary N) is 1. The van der Waals surface area contributed by atoms with Gasteiger partial charge in [0.1, 0.15) is 5.82 Å². The van der Waals surface area contributed by atoms with E-state index in [9.17, 15) is 9.59 Å². The van der Waals surface area contributed by atoms with Crippen molar-refractivity contribution in [2.75, 3.05) is 19.6 Å². The van der Waals surface area contributed by atoms with E-state index in [0.29, 0.717) is 18.0 Å². The normalized spacial score (nSPS) is 21.9. The Balaban J connectivity index is 1.49. The van der Waals surface area contributed by atoms with Crippen molar-refractivity contribution in [1.82, 2.24) is 24.7 Å². The fraction of sp³-hybridized carbons (Fsp3) is 0.625. The van der Waals surface area contributed by atoms with Gasteiger partial charge in [-0.3, -0.25) is 14.3 Å². The lowest BCUT2D eigenvalue weighted by Gasteiger charge is -2.43. The van der Waals surface area contributed by atoms with Crippen LogP contribution in [0.1, 0.15) is 64.2 Å². The van der Waals surface area contributed by atoms with E-state index >= 15 is 0 Å². The van der Waals surface area contributed by atoms with Gasteiger partial charge in [-0.05, 0) is 38.3 Å². The van der Waals surface area contributed by atoms with Gasteiger partial charge in [0.25, 0.3) is 5.56 Å². The standard InChI is InChI=1S/C24H35N5O2/c1-4-21(22-26-20-13-9-8-12-19(20)23(30)27(22)3)28-14-15-29(17(2)16-28)24(31)25-18-10-6-5-7-11-18/h8-9,12-13,17-18,21H,4-7,10-11,14-16H2,1-3H3,(H,25,31). The highest BCUT2D eigenvalue weighted by atomic mass is 16.2. The molecule has 0 radical (unpaired) electrons.